The maximum Gasteiger partial charge on any atom is 0.213 e. The van der Waals surface area contributed by atoms with Crippen molar-refractivity contribution in [3.8, 4) is 0 Å². The summed E-state index contributed by atoms with van der Waals surface area (Å²) in [7, 11) is -1.80. The van der Waals surface area contributed by atoms with E-state index in [1.54, 1.807) is 12.1 Å². The van der Waals surface area contributed by atoms with Crippen LogP contribution in [0.2, 0.25) is 0 Å². The fourth-order valence-electron chi connectivity index (χ4n) is 1.86. The number of rotatable bonds is 4. The monoisotopic (exact) mass is 268 g/mol. The van der Waals surface area contributed by atoms with Crippen molar-refractivity contribution in [2.24, 2.45) is 0 Å². The van der Waals surface area contributed by atoms with Gasteiger partial charge in [0.15, 0.2) is 0 Å². The van der Waals surface area contributed by atoms with E-state index in [9.17, 15) is 8.42 Å². The Hall–Kier alpha value is -1.60. The Morgan fingerprint density at radius 2 is 2.17 bits per heavy atom. The highest BCUT2D eigenvalue weighted by Crippen LogP contribution is 2.18. The second-order valence-electron chi connectivity index (χ2n) is 4.08. The van der Waals surface area contributed by atoms with Gasteiger partial charge in [0.2, 0.25) is 10.0 Å². The quantitative estimate of drug-likeness (QED) is 0.789. The Bertz CT molecular complexity index is 676. The molecule has 1 aromatic heterocycles. The maximum absolute atomic E-state index is 11.4. The van der Waals surface area contributed by atoms with Crippen LogP contribution >= 0.6 is 0 Å². The van der Waals surface area contributed by atoms with Crippen LogP contribution in [0.25, 0.3) is 11.0 Å². The molecule has 0 fully saturated rings. The summed E-state index contributed by atoms with van der Waals surface area (Å²) in [5.41, 5.74) is 8.02. The number of fused-ring (bicyclic) bond motifs is 1. The molecule has 98 valence electrons. The first-order valence-corrected chi connectivity index (χ1v) is 7.22. The summed E-state index contributed by atoms with van der Waals surface area (Å²) in [6, 6.07) is 5.43. The fraction of sp³-hybridized carbons (Fsp3) is 0.364. The number of aryl methyl sites for hydroxylation is 2. The van der Waals surface area contributed by atoms with E-state index in [0.29, 0.717) is 12.2 Å². The van der Waals surface area contributed by atoms with Crippen LogP contribution < -0.4 is 10.5 Å². The minimum atomic E-state index is -3.21. The van der Waals surface area contributed by atoms with Gasteiger partial charge in [0.05, 0.1) is 16.8 Å². The topological polar surface area (TPSA) is 90.0 Å². The van der Waals surface area contributed by atoms with Crippen molar-refractivity contribution in [3.63, 3.8) is 0 Å². The van der Waals surface area contributed by atoms with Crippen LogP contribution in [0.5, 0.6) is 0 Å². The van der Waals surface area contributed by atoms with Gasteiger partial charge in [-0.1, -0.05) is 0 Å². The summed E-state index contributed by atoms with van der Waals surface area (Å²) in [6.45, 7) is 2.22. The lowest BCUT2D eigenvalue weighted by Gasteiger charge is -2.07. The average Bonchev–Trinajstić information content (AvgIpc) is 2.61. The lowest BCUT2D eigenvalue weighted by molar-refractivity contribution is 0.581. The van der Waals surface area contributed by atoms with E-state index in [0.717, 1.165) is 16.9 Å². The minimum Gasteiger partial charge on any atom is -0.399 e. The van der Waals surface area contributed by atoms with E-state index >= 15 is 0 Å². The van der Waals surface area contributed by atoms with E-state index in [1.165, 1.54) is 7.05 Å². The van der Waals surface area contributed by atoms with Crippen molar-refractivity contribution in [3.05, 3.63) is 24.0 Å². The molecule has 2 aromatic rings. The molecule has 18 heavy (non-hydrogen) atoms. The Morgan fingerprint density at radius 1 is 1.44 bits per heavy atom. The summed E-state index contributed by atoms with van der Waals surface area (Å²) in [4.78, 5) is 4.37. The van der Waals surface area contributed by atoms with Gasteiger partial charge in [-0.25, -0.2) is 18.1 Å². The standard InChI is InChI=1S/C11H16N4O2S/c1-8-14-10-7-9(12)3-4-11(10)15(8)5-6-18(16,17)13-2/h3-4,7,13H,5-6,12H2,1-2H3. The Labute approximate surface area is 106 Å². The van der Waals surface area contributed by atoms with Crippen molar-refractivity contribution in [1.82, 2.24) is 14.3 Å². The molecule has 1 heterocycles. The van der Waals surface area contributed by atoms with Gasteiger partial charge in [-0.05, 0) is 32.2 Å². The third-order valence-electron chi connectivity index (χ3n) is 2.86. The second-order valence-corrected chi connectivity index (χ2v) is 6.13. The Morgan fingerprint density at radius 3 is 2.83 bits per heavy atom. The highest BCUT2D eigenvalue weighted by molar-refractivity contribution is 7.89. The van der Waals surface area contributed by atoms with Crippen molar-refractivity contribution in [2.45, 2.75) is 13.5 Å². The Balaban J connectivity index is 2.36. The second kappa shape index (κ2) is 4.58. The predicted octanol–water partition coefficient (Wildman–Crippen LogP) is 0.476. The molecule has 0 bridgehead atoms. The maximum atomic E-state index is 11.4. The van der Waals surface area contributed by atoms with Gasteiger partial charge >= 0.3 is 0 Å². The van der Waals surface area contributed by atoms with Gasteiger partial charge in [-0.3, -0.25) is 0 Å². The number of hydrogen-bond donors (Lipinski definition) is 2. The normalized spacial score (nSPS) is 12.1. The number of nitrogens with two attached hydrogens (primary N) is 1. The summed E-state index contributed by atoms with van der Waals surface area (Å²) < 4.78 is 27.0. The highest BCUT2D eigenvalue weighted by atomic mass is 32.2. The molecule has 3 N–H and O–H groups in total. The number of nitrogen functional groups attached to an aromatic ring is 1. The summed E-state index contributed by atoms with van der Waals surface area (Å²) in [6.07, 6.45) is 0. The van der Waals surface area contributed by atoms with Crippen molar-refractivity contribution >= 4 is 26.7 Å². The number of nitrogens with one attached hydrogen (secondary N) is 1. The number of benzene rings is 1. The third kappa shape index (κ3) is 2.46. The SMILES string of the molecule is CNS(=O)(=O)CCn1c(C)nc2cc(N)ccc21. The molecule has 0 atom stereocenters. The molecule has 2 rings (SSSR count). The molecule has 0 saturated carbocycles. The zero-order chi connectivity index (χ0) is 13.3. The number of imidazole rings is 1. The lowest BCUT2D eigenvalue weighted by atomic mass is 10.3. The molecule has 0 radical (unpaired) electrons. The zero-order valence-corrected chi connectivity index (χ0v) is 11.2. The van der Waals surface area contributed by atoms with Crippen LogP contribution in [0.1, 0.15) is 5.82 Å². The van der Waals surface area contributed by atoms with Crippen LogP contribution in [0, 0.1) is 6.92 Å². The van der Waals surface area contributed by atoms with Gasteiger partial charge in [0, 0.05) is 12.2 Å². The molecule has 0 aliphatic carbocycles. The van der Waals surface area contributed by atoms with Gasteiger partial charge in [-0.15, -0.1) is 0 Å². The van der Waals surface area contributed by atoms with Gasteiger partial charge < -0.3 is 10.3 Å². The fourth-order valence-corrected chi connectivity index (χ4v) is 2.49. The van der Waals surface area contributed by atoms with Crippen LogP contribution in [0.4, 0.5) is 5.69 Å². The molecule has 1 aromatic carbocycles. The number of aromatic nitrogens is 2. The van der Waals surface area contributed by atoms with Crippen molar-refractivity contribution in [1.29, 1.82) is 0 Å². The number of hydrogen-bond acceptors (Lipinski definition) is 4. The number of sulfonamides is 1. The van der Waals surface area contributed by atoms with E-state index in [1.807, 2.05) is 17.6 Å². The summed E-state index contributed by atoms with van der Waals surface area (Å²) >= 11 is 0. The van der Waals surface area contributed by atoms with Gasteiger partial charge in [0.1, 0.15) is 5.82 Å². The third-order valence-corrected chi connectivity index (χ3v) is 4.20. The van der Waals surface area contributed by atoms with E-state index in [2.05, 4.69) is 9.71 Å². The first-order chi connectivity index (χ1) is 8.43. The van der Waals surface area contributed by atoms with E-state index in [4.69, 9.17) is 5.73 Å². The zero-order valence-electron chi connectivity index (χ0n) is 10.3. The number of anilines is 1. The highest BCUT2D eigenvalue weighted by Gasteiger charge is 2.11. The molecule has 0 saturated heterocycles. The van der Waals surface area contributed by atoms with Crippen molar-refractivity contribution in [2.75, 3.05) is 18.5 Å². The van der Waals surface area contributed by atoms with E-state index in [-0.39, 0.29) is 5.75 Å². The van der Waals surface area contributed by atoms with Gasteiger partial charge in [0.25, 0.3) is 0 Å². The number of nitrogens with zero attached hydrogens (tertiary/aromatic N) is 2. The Kier molecular flexibility index (Phi) is 3.27. The molecule has 0 amide bonds. The molecule has 0 aliphatic rings. The minimum absolute atomic E-state index is 0.0280. The average molecular weight is 268 g/mol. The van der Waals surface area contributed by atoms with Crippen LogP contribution in [-0.4, -0.2) is 30.8 Å². The molecule has 0 aliphatic heterocycles. The lowest BCUT2D eigenvalue weighted by Crippen LogP contribution is -2.24. The van der Waals surface area contributed by atoms with Crippen molar-refractivity contribution < 1.29 is 8.42 Å². The van der Waals surface area contributed by atoms with Gasteiger partial charge in [-0.2, -0.15) is 0 Å². The molecule has 0 spiro atoms. The first-order valence-electron chi connectivity index (χ1n) is 5.56. The first kappa shape index (κ1) is 12.8. The predicted molar refractivity (Wildman–Crippen MR) is 71.7 cm³/mol. The van der Waals surface area contributed by atoms with Crippen LogP contribution in [-0.2, 0) is 16.6 Å². The largest absolute Gasteiger partial charge is 0.399 e. The smallest absolute Gasteiger partial charge is 0.213 e. The van der Waals surface area contributed by atoms with Crippen LogP contribution in [0.15, 0.2) is 18.2 Å². The van der Waals surface area contributed by atoms with Crippen LogP contribution in [0.3, 0.4) is 0 Å². The summed E-state index contributed by atoms with van der Waals surface area (Å²) in [5, 5.41) is 0. The molecular weight excluding hydrogens is 252 g/mol. The summed E-state index contributed by atoms with van der Waals surface area (Å²) in [5.74, 6) is 0.807. The van der Waals surface area contributed by atoms with E-state index < -0.39 is 10.0 Å². The molecular formula is C11H16N4O2S. The molecule has 0 unspecified atom stereocenters. The molecule has 7 heteroatoms. The molecule has 6 nitrogen and oxygen atoms in total.